The van der Waals surface area contributed by atoms with Crippen molar-refractivity contribution in [1.29, 1.82) is 0 Å². The minimum absolute atomic E-state index is 0.367. The Labute approximate surface area is 117 Å². The van der Waals surface area contributed by atoms with E-state index >= 15 is 0 Å². The molecule has 0 amide bonds. The van der Waals surface area contributed by atoms with Crippen molar-refractivity contribution in [1.82, 2.24) is 10.0 Å². The van der Waals surface area contributed by atoms with Gasteiger partial charge in [0.05, 0.1) is 5.25 Å². The van der Waals surface area contributed by atoms with Crippen LogP contribution in [0.2, 0.25) is 0 Å². The van der Waals surface area contributed by atoms with E-state index in [0.717, 1.165) is 19.4 Å². The molecule has 18 heavy (non-hydrogen) atoms. The van der Waals surface area contributed by atoms with Gasteiger partial charge in [0.15, 0.2) is 0 Å². The average molecular weight is 297 g/mol. The highest BCUT2D eigenvalue weighted by molar-refractivity contribution is 7.98. The normalized spacial score (nSPS) is 13.7. The lowest BCUT2D eigenvalue weighted by molar-refractivity contribution is 0.554. The average Bonchev–Trinajstić information content (AvgIpc) is 2.34. The van der Waals surface area contributed by atoms with Crippen LogP contribution in [-0.4, -0.2) is 45.3 Å². The summed E-state index contributed by atoms with van der Waals surface area (Å²) in [6.07, 6.45) is 6.56. The number of thioether (sulfide) groups is 1. The third kappa shape index (κ3) is 9.19. The second-order valence-corrected chi connectivity index (χ2v) is 7.63. The smallest absolute Gasteiger partial charge is 0.215 e. The molecule has 4 nitrogen and oxygen atoms in total. The fourth-order valence-corrected chi connectivity index (χ4v) is 3.08. The quantitative estimate of drug-likeness (QED) is 0.539. The predicted molar refractivity (Wildman–Crippen MR) is 81.8 cm³/mol. The molecule has 0 bridgehead atoms. The molecule has 0 spiro atoms. The molecule has 0 aliphatic heterocycles. The van der Waals surface area contributed by atoms with Gasteiger partial charge in [-0.2, -0.15) is 11.8 Å². The summed E-state index contributed by atoms with van der Waals surface area (Å²) in [4.78, 5) is 0. The van der Waals surface area contributed by atoms with E-state index in [0.29, 0.717) is 13.1 Å². The molecule has 0 aliphatic carbocycles. The second kappa shape index (κ2) is 11.1. The van der Waals surface area contributed by atoms with Gasteiger partial charge in [0.2, 0.25) is 10.0 Å². The van der Waals surface area contributed by atoms with Crippen LogP contribution in [0.1, 0.15) is 39.5 Å². The van der Waals surface area contributed by atoms with Gasteiger partial charge in [-0.1, -0.05) is 19.8 Å². The third-order valence-corrected chi connectivity index (χ3v) is 5.32. The maximum absolute atomic E-state index is 11.8. The van der Waals surface area contributed by atoms with Crippen molar-refractivity contribution in [3.63, 3.8) is 0 Å². The van der Waals surface area contributed by atoms with Gasteiger partial charge in [-0.05, 0) is 38.3 Å². The Kier molecular flexibility index (Phi) is 11.2. The highest BCUT2D eigenvalue weighted by atomic mass is 32.2. The molecule has 0 rings (SSSR count). The first-order valence-corrected chi connectivity index (χ1v) is 9.66. The maximum atomic E-state index is 11.8. The van der Waals surface area contributed by atoms with Crippen molar-refractivity contribution >= 4 is 21.8 Å². The number of sulfonamides is 1. The number of rotatable bonds is 12. The first-order valence-electron chi connectivity index (χ1n) is 6.72. The summed E-state index contributed by atoms with van der Waals surface area (Å²) in [6.45, 7) is 5.59. The maximum Gasteiger partial charge on any atom is 0.215 e. The molecule has 0 heterocycles. The third-order valence-electron chi connectivity index (χ3n) is 2.79. The number of unbranched alkanes of at least 4 members (excludes halogenated alkanes) is 3. The Balaban J connectivity index is 3.64. The van der Waals surface area contributed by atoms with E-state index in [1.54, 1.807) is 6.92 Å². The zero-order valence-electron chi connectivity index (χ0n) is 11.9. The van der Waals surface area contributed by atoms with Gasteiger partial charge in [0.25, 0.3) is 0 Å². The Morgan fingerprint density at radius 2 is 1.83 bits per heavy atom. The molecular formula is C12H28N2O2S2. The number of nitrogens with one attached hydrogen (secondary N) is 2. The molecule has 2 N–H and O–H groups in total. The van der Waals surface area contributed by atoms with Crippen LogP contribution >= 0.6 is 11.8 Å². The minimum Gasteiger partial charge on any atom is -0.316 e. The van der Waals surface area contributed by atoms with Crippen molar-refractivity contribution in [2.45, 2.75) is 44.8 Å². The first-order chi connectivity index (χ1) is 8.54. The van der Waals surface area contributed by atoms with Crippen LogP contribution in [-0.2, 0) is 10.0 Å². The highest BCUT2D eigenvalue weighted by Gasteiger charge is 2.18. The fraction of sp³-hybridized carbons (Fsp3) is 1.00. The summed E-state index contributed by atoms with van der Waals surface area (Å²) in [5, 5.41) is 2.69. The van der Waals surface area contributed by atoms with Crippen molar-refractivity contribution < 1.29 is 8.42 Å². The Bertz CT molecular complexity index is 282. The summed E-state index contributed by atoms with van der Waals surface area (Å²) in [5.74, 6) is 1.20. The van der Waals surface area contributed by atoms with Gasteiger partial charge in [0.1, 0.15) is 0 Å². The molecule has 1 atom stereocenters. The molecule has 0 radical (unpaired) electrons. The number of hydrogen-bond acceptors (Lipinski definition) is 4. The summed E-state index contributed by atoms with van der Waals surface area (Å²) < 4.78 is 26.3. The van der Waals surface area contributed by atoms with Crippen LogP contribution in [0.3, 0.4) is 0 Å². The van der Waals surface area contributed by atoms with E-state index in [1.807, 2.05) is 18.7 Å². The van der Waals surface area contributed by atoms with Gasteiger partial charge in [-0.3, -0.25) is 0 Å². The summed E-state index contributed by atoms with van der Waals surface area (Å²) in [7, 11) is -3.15. The van der Waals surface area contributed by atoms with Crippen molar-refractivity contribution in [3.8, 4) is 0 Å². The first kappa shape index (κ1) is 18.2. The van der Waals surface area contributed by atoms with Crippen molar-refractivity contribution in [2.24, 2.45) is 0 Å². The summed E-state index contributed by atoms with van der Waals surface area (Å²) >= 11 is 1.86. The largest absolute Gasteiger partial charge is 0.316 e. The van der Waals surface area contributed by atoms with Gasteiger partial charge < -0.3 is 5.32 Å². The Morgan fingerprint density at radius 3 is 2.44 bits per heavy atom. The number of hydrogen-bond donors (Lipinski definition) is 2. The van der Waals surface area contributed by atoms with Crippen LogP contribution in [0.5, 0.6) is 0 Å². The van der Waals surface area contributed by atoms with Crippen molar-refractivity contribution in [3.05, 3.63) is 0 Å². The molecule has 0 aromatic carbocycles. The molecule has 0 saturated carbocycles. The molecule has 0 aromatic heterocycles. The summed E-state index contributed by atoms with van der Waals surface area (Å²) in [6, 6.07) is 0. The zero-order valence-corrected chi connectivity index (χ0v) is 13.5. The lowest BCUT2D eigenvalue weighted by Crippen LogP contribution is -2.39. The lowest BCUT2D eigenvalue weighted by Gasteiger charge is -2.14. The van der Waals surface area contributed by atoms with Crippen LogP contribution in [0.4, 0.5) is 0 Å². The van der Waals surface area contributed by atoms with E-state index in [9.17, 15) is 8.42 Å². The monoisotopic (exact) mass is 296 g/mol. The van der Waals surface area contributed by atoms with E-state index in [2.05, 4.69) is 16.3 Å². The lowest BCUT2D eigenvalue weighted by atomic mass is 10.2. The van der Waals surface area contributed by atoms with E-state index < -0.39 is 10.0 Å². The van der Waals surface area contributed by atoms with Crippen LogP contribution in [0, 0.1) is 0 Å². The van der Waals surface area contributed by atoms with Crippen LogP contribution in [0.15, 0.2) is 0 Å². The Morgan fingerprint density at radius 1 is 1.17 bits per heavy atom. The molecule has 0 saturated heterocycles. The topological polar surface area (TPSA) is 58.2 Å². The highest BCUT2D eigenvalue weighted by Crippen LogP contribution is 2.04. The predicted octanol–water partition coefficient (Wildman–Crippen LogP) is 1.83. The molecule has 0 aromatic rings. The summed E-state index contributed by atoms with van der Waals surface area (Å²) in [5.41, 5.74) is 0. The SMILES string of the molecule is CCNCC(C)S(=O)(=O)NCCCCCCSC. The van der Waals surface area contributed by atoms with E-state index in [4.69, 9.17) is 0 Å². The van der Waals surface area contributed by atoms with Crippen LogP contribution < -0.4 is 10.0 Å². The molecule has 110 valence electrons. The molecule has 0 aliphatic rings. The molecule has 6 heteroatoms. The minimum atomic E-state index is -3.15. The van der Waals surface area contributed by atoms with Crippen LogP contribution in [0.25, 0.3) is 0 Å². The Hall–Kier alpha value is 0.220. The zero-order chi connectivity index (χ0) is 13.9. The fourth-order valence-electron chi connectivity index (χ4n) is 1.54. The van der Waals surface area contributed by atoms with Gasteiger partial charge in [-0.25, -0.2) is 13.1 Å². The standard InChI is InChI=1S/C12H28N2O2S2/c1-4-13-11-12(2)18(15,16)14-9-7-5-6-8-10-17-3/h12-14H,4-11H2,1-3H3. The van der Waals surface area contributed by atoms with Gasteiger partial charge in [-0.15, -0.1) is 0 Å². The van der Waals surface area contributed by atoms with Gasteiger partial charge >= 0.3 is 0 Å². The van der Waals surface area contributed by atoms with E-state index in [-0.39, 0.29) is 5.25 Å². The second-order valence-electron chi connectivity index (χ2n) is 4.46. The van der Waals surface area contributed by atoms with E-state index in [1.165, 1.54) is 18.6 Å². The molecule has 1 unspecified atom stereocenters. The van der Waals surface area contributed by atoms with Crippen molar-refractivity contribution in [2.75, 3.05) is 31.6 Å². The molecule has 0 fully saturated rings. The van der Waals surface area contributed by atoms with Gasteiger partial charge in [0, 0.05) is 13.1 Å². The molecular weight excluding hydrogens is 268 g/mol.